The highest BCUT2D eigenvalue weighted by atomic mass is 32.1. The van der Waals surface area contributed by atoms with Gasteiger partial charge < -0.3 is 5.32 Å². The summed E-state index contributed by atoms with van der Waals surface area (Å²) in [4.78, 5) is 1.16. The molecule has 2 heteroatoms. The van der Waals surface area contributed by atoms with Gasteiger partial charge in [-0.25, -0.2) is 0 Å². The molecule has 1 heterocycles. The van der Waals surface area contributed by atoms with E-state index in [2.05, 4.69) is 155 Å². The number of unbranched alkanes of at least 4 members (excludes halogenated alkanes) is 5. The molecule has 1 aromatic heterocycles. The van der Waals surface area contributed by atoms with Crippen molar-refractivity contribution < 1.29 is 0 Å². The summed E-state index contributed by atoms with van der Waals surface area (Å²) in [6.07, 6.45) is 13.1. The van der Waals surface area contributed by atoms with E-state index in [0.717, 1.165) is 27.4 Å². The molecule has 3 aromatic rings. The number of allylic oxidation sites excluding steroid dienone is 2. The number of nitrogens with one attached hydrogen (secondary N) is 1. The average Bonchev–Trinajstić information content (AvgIpc) is 3.59. The molecule has 0 saturated heterocycles. The maximum absolute atomic E-state index is 4.08. The van der Waals surface area contributed by atoms with Gasteiger partial charge in [0.15, 0.2) is 0 Å². The van der Waals surface area contributed by atoms with E-state index in [1.165, 1.54) is 86.5 Å². The Morgan fingerprint density at radius 1 is 0.609 bits per heavy atom. The van der Waals surface area contributed by atoms with Crippen LogP contribution in [0.15, 0.2) is 85.3 Å². The molecule has 1 nitrogen and oxygen atoms in total. The highest BCUT2D eigenvalue weighted by molar-refractivity contribution is 7.11. The Bertz CT molecular complexity index is 1110. The molecular formula is C44H73NS. The maximum Gasteiger partial charge on any atom is 0.0499 e. The van der Waals surface area contributed by atoms with E-state index in [9.17, 15) is 0 Å². The number of thiophene rings is 1. The molecule has 2 aromatic carbocycles. The van der Waals surface area contributed by atoms with E-state index >= 15 is 0 Å². The third-order valence-corrected chi connectivity index (χ3v) is 7.85. The first kappa shape index (κ1) is 47.6. The van der Waals surface area contributed by atoms with Gasteiger partial charge in [-0.15, -0.1) is 17.9 Å². The van der Waals surface area contributed by atoms with E-state index in [1.807, 2.05) is 13.0 Å². The Labute approximate surface area is 292 Å². The van der Waals surface area contributed by atoms with Crippen molar-refractivity contribution in [2.75, 3.05) is 5.32 Å². The first-order valence-corrected chi connectivity index (χ1v) is 18.7. The lowest BCUT2D eigenvalue weighted by molar-refractivity contribution is 0.772. The molecule has 0 spiro atoms. The zero-order chi connectivity index (χ0) is 35.8. The van der Waals surface area contributed by atoms with Gasteiger partial charge >= 0.3 is 0 Å². The SMILES string of the molecule is C=C(C)CCCC.C=C(C)c1ccc(C)c(NC(=C)c2cccs2)c1.CCCC.CCCC.CCCCC.Cc1ccccc1C. The van der Waals surface area contributed by atoms with E-state index in [4.69, 9.17) is 0 Å². The molecule has 0 radical (unpaired) electrons. The summed E-state index contributed by atoms with van der Waals surface area (Å²) in [5.41, 5.74) is 9.50. The van der Waals surface area contributed by atoms with Gasteiger partial charge in [0.2, 0.25) is 0 Å². The van der Waals surface area contributed by atoms with E-state index < -0.39 is 0 Å². The van der Waals surface area contributed by atoms with E-state index in [0.29, 0.717) is 0 Å². The number of rotatable bonds is 11. The van der Waals surface area contributed by atoms with Crippen LogP contribution in [0.4, 0.5) is 5.69 Å². The normalized spacial score (nSPS) is 9.13. The van der Waals surface area contributed by atoms with Crippen molar-refractivity contribution in [1.82, 2.24) is 0 Å². The van der Waals surface area contributed by atoms with Gasteiger partial charge in [0.05, 0.1) is 0 Å². The van der Waals surface area contributed by atoms with Gasteiger partial charge in [-0.2, -0.15) is 0 Å². The quantitative estimate of drug-likeness (QED) is 0.204. The Kier molecular flexibility index (Phi) is 34.7. The molecule has 3 rings (SSSR count). The van der Waals surface area contributed by atoms with Crippen molar-refractivity contribution in [2.45, 2.75) is 147 Å². The fourth-order valence-corrected chi connectivity index (χ4v) is 3.85. The van der Waals surface area contributed by atoms with Gasteiger partial charge in [-0.3, -0.25) is 0 Å². The Morgan fingerprint density at radius 2 is 1.11 bits per heavy atom. The van der Waals surface area contributed by atoms with Crippen molar-refractivity contribution in [3.63, 3.8) is 0 Å². The number of benzene rings is 2. The molecular weight excluding hydrogens is 575 g/mol. The topological polar surface area (TPSA) is 12.0 Å². The molecule has 260 valence electrons. The lowest BCUT2D eigenvalue weighted by atomic mass is 10.1. The number of anilines is 1. The fourth-order valence-electron chi connectivity index (χ4n) is 3.19. The molecule has 0 atom stereocenters. The molecule has 0 fully saturated rings. The van der Waals surface area contributed by atoms with Crippen molar-refractivity contribution in [3.05, 3.63) is 112 Å². The van der Waals surface area contributed by atoms with Gasteiger partial charge in [-0.1, -0.05) is 167 Å². The van der Waals surface area contributed by atoms with Gasteiger partial charge in [0.25, 0.3) is 0 Å². The van der Waals surface area contributed by atoms with Crippen LogP contribution in [0.3, 0.4) is 0 Å². The van der Waals surface area contributed by atoms with Gasteiger partial charge in [-0.05, 0) is 87.2 Å². The van der Waals surface area contributed by atoms with Crippen LogP contribution in [-0.2, 0) is 0 Å². The van der Waals surface area contributed by atoms with Crippen LogP contribution in [0.25, 0.3) is 11.3 Å². The van der Waals surface area contributed by atoms with Crippen LogP contribution in [0.1, 0.15) is 154 Å². The number of hydrogen-bond acceptors (Lipinski definition) is 2. The largest absolute Gasteiger partial charge is 0.355 e. The van der Waals surface area contributed by atoms with Crippen molar-refractivity contribution in [1.29, 1.82) is 0 Å². The Morgan fingerprint density at radius 3 is 1.41 bits per heavy atom. The molecule has 0 bridgehead atoms. The molecule has 0 saturated carbocycles. The molecule has 0 amide bonds. The zero-order valence-corrected chi connectivity index (χ0v) is 33.2. The number of aryl methyl sites for hydroxylation is 3. The fraction of sp³-hybridized carbons (Fsp3) is 0.500. The summed E-state index contributed by atoms with van der Waals surface area (Å²) in [6.45, 7) is 37.6. The molecule has 0 aliphatic carbocycles. The lowest BCUT2D eigenvalue weighted by Gasteiger charge is -2.12. The average molecular weight is 648 g/mol. The van der Waals surface area contributed by atoms with Crippen molar-refractivity contribution >= 4 is 28.3 Å². The second kappa shape index (κ2) is 33.5. The predicted octanol–water partition coefficient (Wildman–Crippen LogP) is 16.0. The number of hydrogen-bond donors (Lipinski definition) is 1. The second-order valence-electron chi connectivity index (χ2n) is 11.9. The van der Waals surface area contributed by atoms with Crippen LogP contribution >= 0.6 is 11.3 Å². The van der Waals surface area contributed by atoms with Crippen LogP contribution in [-0.4, -0.2) is 0 Å². The maximum atomic E-state index is 4.08. The summed E-state index contributed by atoms with van der Waals surface area (Å²) >= 11 is 1.69. The summed E-state index contributed by atoms with van der Waals surface area (Å²) < 4.78 is 0. The van der Waals surface area contributed by atoms with Gasteiger partial charge in [0.1, 0.15) is 0 Å². The minimum atomic E-state index is 0.937. The van der Waals surface area contributed by atoms with Crippen LogP contribution in [0.2, 0.25) is 0 Å². The van der Waals surface area contributed by atoms with Gasteiger partial charge in [0, 0.05) is 16.3 Å². The highest BCUT2D eigenvalue weighted by Crippen LogP contribution is 2.26. The second-order valence-corrected chi connectivity index (χ2v) is 12.8. The van der Waals surface area contributed by atoms with Crippen molar-refractivity contribution in [2.24, 2.45) is 0 Å². The highest BCUT2D eigenvalue weighted by Gasteiger charge is 2.04. The predicted molar refractivity (Wildman–Crippen MR) is 219 cm³/mol. The molecule has 0 aliphatic rings. The third kappa shape index (κ3) is 28.6. The summed E-state index contributed by atoms with van der Waals surface area (Å²) in [5.74, 6) is 0. The minimum Gasteiger partial charge on any atom is -0.355 e. The summed E-state index contributed by atoms with van der Waals surface area (Å²) in [5, 5.41) is 5.44. The summed E-state index contributed by atoms with van der Waals surface area (Å²) in [6, 6.07) is 18.8. The van der Waals surface area contributed by atoms with Crippen LogP contribution in [0.5, 0.6) is 0 Å². The first-order valence-electron chi connectivity index (χ1n) is 17.8. The monoisotopic (exact) mass is 648 g/mol. The lowest BCUT2D eigenvalue weighted by Crippen LogP contribution is -1.98. The molecule has 0 unspecified atom stereocenters. The molecule has 46 heavy (non-hydrogen) atoms. The first-order chi connectivity index (χ1) is 21.9. The standard InChI is InChI=1S/C16H17NS.C8H10.C7H14.C5H12.2C4H10/c1-11(2)14-8-7-12(3)15(10-14)17-13(4)16-6-5-9-18-16;1-7-5-3-4-6-8(7)2;1-4-5-6-7(2)3;1-3-5-4-2;2*1-3-4-2/h5-10,17H,1,4H2,2-3H3;3-6H,1-2H3;2,4-6H2,1,3H3;3-5H2,1-2H3;2*3-4H2,1-2H3. The summed E-state index contributed by atoms with van der Waals surface area (Å²) in [7, 11) is 0. The third-order valence-electron chi connectivity index (χ3n) is 6.92. The van der Waals surface area contributed by atoms with Crippen molar-refractivity contribution in [3.8, 4) is 0 Å². The van der Waals surface area contributed by atoms with Crippen LogP contribution < -0.4 is 5.32 Å². The van der Waals surface area contributed by atoms with E-state index in [1.54, 1.807) is 11.3 Å². The molecule has 1 N–H and O–H groups in total. The van der Waals surface area contributed by atoms with Crippen LogP contribution in [0, 0.1) is 20.8 Å². The van der Waals surface area contributed by atoms with E-state index in [-0.39, 0.29) is 0 Å². The smallest absolute Gasteiger partial charge is 0.0499 e. The Balaban J connectivity index is -0.000000552. The Hall–Kier alpha value is -2.84. The molecule has 0 aliphatic heterocycles. The zero-order valence-electron chi connectivity index (χ0n) is 32.4. The minimum absolute atomic E-state index is 0.937.